The zero-order valence-corrected chi connectivity index (χ0v) is 9.42. The Morgan fingerprint density at radius 2 is 2.33 bits per heavy atom. The van der Waals surface area contributed by atoms with Crippen molar-refractivity contribution < 1.29 is 4.79 Å². The molecule has 0 aromatic carbocycles. The van der Waals surface area contributed by atoms with E-state index in [0.717, 1.165) is 12.1 Å². The minimum Gasteiger partial charge on any atom is -0.364 e. The van der Waals surface area contributed by atoms with Crippen molar-refractivity contribution >= 4 is 5.91 Å². The van der Waals surface area contributed by atoms with Crippen LogP contribution in [0.2, 0.25) is 0 Å². The number of aromatic amines is 1. The molecule has 0 radical (unpaired) electrons. The van der Waals surface area contributed by atoms with E-state index < -0.39 is 5.91 Å². The predicted molar refractivity (Wildman–Crippen MR) is 59.7 cm³/mol. The summed E-state index contributed by atoms with van der Waals surface area (Å²) in [5, 5.41) is 6.73. The zero-order valence-electron chi connectivity index (χ0n) is 9.42. The van der Waals surface area contributed by atoms with Crippen molar-refractivity contribution in [3.05, 3.63) is 17.5 Å². The van der Waals surface area contributed by atoms with Gasteiger partial charge in [-0.05, 0) is 18.4 Å². The largest absolute Gasteiger partial charge is 0.364 e. The second kappa shape index (κ2) is 5.53. The van der Waals surface area contributed by atoms with Crippen LogP contribution in [0.1, 0.15) is 61.6 Å². The number of rotatable bonds is 6. The number of nitrogens with zero attached hydrogens (tertiary/aromatic N) is 1. The normalized spacial score (nSPS) is 12.7. The molecule has 4 nitrogen and oxygen atoms in total. The van der Waals surface area contributed by atoms with Crippen LogP contribution >= 0.6 is 0 Å². The molecule has 1 aromatic rings. The molecule has 0 fully saturated rings. The van der Waals surface area contributed by atoms with Gasteiger partial charge in [0.2, 0.25) is 0 Å². The summed E-state index contributed by atoms with van der Waals surface area (Å²) in [5.74, 6) is -0.0598. The molecule has 1 aromatic heterocycles. The Labute approximate surface area is 90.2 Å². The first-order valence-electron chi connectivity index (χ1n) is 5.50. The molecule has 0 spiro atoms. The van der Waals surface area contributed by atoms with Crippen LogP contribution in [-0.2, 0) is 0 Å². The summed E-state index contributed by atoms with van der Waals surface area (Å²) in [4.78, 5) is 10.8. The minimum atomic E-state index is -0.474. The lowest BCUT2D eigenvalue weighted by molar-refractivity contribution is 0.0995. The van der Waals surface area contributed by atoms with Gasteiger partial charge in [-0.3, -0.25) is 9.89 Å². The van der Waals surface area contributed by atoms with Crippen molar-refractivity contribution in [2.45, 2.75) is 45.4 Å². The maximum absolute atomic E-state index is 10.8. The van der Waals surface area contributed by atoms with E-state index >= 15 is 0 Å². The maximum atomic E-state index is 10.8. The molecule has 0 bridgehead atoms. The average Bonchev–Trinajstić information content (AvgIpc) is 2.66. The number of H-pyrrole nitrogens is 1. The van der Waals surface area contributed by atoms with Crippen molar-refractivity contribution in [3.63, 3.8) is 0 Å². The number of nitrogens with two attached hydrogens (primary N) is 1. The van der Waals surface area contributed by atoms with Gasteiger partial charge in [0.05, 0.1) is 0 Å². The molecule has 0 aliphatic rings. The van der Waals surface area contributed by atoms with Crippen LogP contribution in [0, 0.1) is 0 Å². The van der Waals surface area contributed by atoms with E-state index in [2.05, 4.69) is 24.0 Å². The van der Waals surface area contributed by atoms with Crippen LogP contribution in [0.4, 0.5) is 0 Å². The lowest BCUT2D eigenvalue weighted by Gasteiger charge is -2.07. The summed E-state index contributed by atoms with van der Waals surface area (Å²) >= 11 is 0. The van der Waals surface area contributed by atoms with Crippen molar-refractivity contribution in [1.29, 1.82) is 0 Å². The summed E-state index contributed by atoms with van der Waals surface area (Å²) in [6.07, 6.45) is 4.81. The lowest BCUT2D eigenvalue weighted by atomic mass is 10.00. The summed E-state index contributed by atoms with van der Waals surface area (Å²) in [5.41, 5.74) is 6.45. The molecule has 0 aliphatic carbocycles. The number of hydrogen-bond donors (Lipinski definition) is 2. The third-order valence-electron chi connectivity index (χ3n) is 2.62. The van der Waals surface area contributed by atoms with E-state index in [9.17, 15) is 4.79 Å². The molecule has 1 amide bonds. The first kappa shape index (κ1) is 11.8. The molecular weight excluding hydrogens is 190 g/mol. The number of hydrogen-bond acceptors (Lipinski definition) is 2. The van der Waals surface area contributed by atoms with E-state index in [0.29, 0.717) is 11.6 Å². The smallest absolute Gasteiger partial charge is 0.269 e. The lowest BCUT2D eigenvalue weighted by Crippen LogP contribution is -2.11. The number of primary amides is 1. The molecule has 15 heavy (non-hydrogen) atoms. The van der Waals surface area contributed by atoms with E-state index in [1.165, 1.54) is 19.3 Å². The Bertz CT molecular complexity index is 319. The Balaban J connectivity index is 2.50. The van der Waals surface area contributed by atoms with Gasteiger partial charge < -0.3 is 5.73 Å². The molecule has 0 saturated carbocycles. The van der Waals surface area contributed by atoms with Crippen molar-refractivity contribution in [3.8, 4) is 0 Å². The highest BCUT2D eigenvalue weighted by atomic mass is 16.1. The molecule has 0 saturated heterocycles. The SMILES string of the molecule is CCCCCC(C)c1cc(C(N)=O)n[nH]1. The van der Waals surface area contributed by atoms with Gasteiger partial charge in [0.15, 0.2) is 0 Å². The maximum Gasteiger partial charge on any atom is 0.269 e. The number of aromatic nitrogens is 2. The molecule has 1 rings (SSSR count). The fourth-order valence-corrected chi connectivity index (χ4v) is 1.57. The Hall–Kier alpha value is -1.32. The summed E-state index contributed by atoms with van der Waals surface area (Å²) in [7, 11) is 0. The number of carbonyl (C=O) groups excluding carboxylic acids is 1. The minimum absolute atomic E-state index is 0.326. The monoisotopic (exact) mass is 209 g/mol. The van der Waals surface area contributed by atoms with Crippen LogP contribution in [0.3, 0.4) is 0 Å². The molecule has 1 atom stereocenters. The highest BCUT2D eigenvalue weighted by Crippen LogP contribution is 2.20. The summed E-state index contributed by atoms with van der Waals surface area (Å²) in [6.45, 7) is 4.32. The number of amides is 1. The highest BCUT2D eigenvalue weighted by Gasteiger charge is 2.11. The average molecular weight is 209 g/mol. The van der Waals surface area contributed by atoms with Crippen LogP contribution in [-0.4, -0.2) is 16.1 Å². The topological polar surface area (TPSA) is 71.8 Å². The van der Waals surface area contributed by atoms with E-state index in [-0.39, 0.29) is 0 Å². The summed E-state index contributed by atoms with van der Waals surface area (Å²) in [6, 6.07) is 1.75. The van der Waals surface area contributed by atoms with Crippen LogP contribution in [0.15, 0.2) is 6.07 Å². The van der Waals surface area contributed by atoms with Gasteiger partial charge in [-0.15, -0.1) is 0 Å². The van der Waals surface area contributed by atoms with Gasteiger partial charge in [-0.1, -0.05) is 33.1 Å². The fourth-order valence-electron chi connectivity index (χ4n) is 1.57. The van der Waals surface area contributed by atoms with Crippen molar-refractivity contribution in [2.24, 2.45) is 5.73 Å². The standard InChI is InChI=1S/C11H19N3O/c1-3-4-5-6-8(2)9-7-10(11(12)15)14-13-9/h7-8H,3-6H2,1-2H3,(H2,12,15)(H,13,14). The second-order valence-corrected chi connectivity index (χ2v) is 3.97. The summed E-state index contributed by atoms with van der Waals surface area (Å²) < 4.78 is 0. The van der Waals surface area contributed by atoms with Gasteiger partial charge in [-0.25, -0.2) is 0 Å². The molecule has 4 heteroatoms. The molecular formula is C11H19N3O. The Kier molecular flexibility index (Phi) is 4.34. The van der Waals surface area contributed by atoms with Crippen LogP contribution < -0.4 is 5.73 Å². The first-order valence-corrected chi connectivity index (χ1v) is 5.50. The molecule has 1 heterocycles. The van der Waals surface area contributed by atoms with Gasteiger partial charge in [0.1, 0.15) is 5.69 Å². The number of carbonyl (C=O) groups is 1. The van der Waals surface area contributed by atoms with E-state index in [4.69, 9.17) is 5.73 Å². The molecule has 1 unspecified atom stereocenters. The van der Waals surface area contributed by atoms with Gasteiger partial charge in [0.25, 0.3) is 5.91 Å². The number of unbranched alkanes of at least 4 members (excludes halogenated alkanes) is 2. The van der Waals surface area contributed by atoms with Crippen LogP contribution in [0.5, 0.6) is 0 Å². The predicted octanol–water partition coefficient (Wildman–Crippen LogP) is 2.19. The zero-order chi connectivity index (χ0) is 11.3. The third kappa shape index (κ3) is 3.38. The van der Waals surface area contributed by atoms with E-state index in [1.54, 1.807) is 6.07 Å². The van der Waals surface area contributed by atoms with Gasteiger partial charge in [0, 0.05) is 5.69 Å². The number of nitrogens with one attached hydrogen (secondary N) is 1. The third-order valence-corrected chi connectivity index (χ3v) is 2.62. The van der Waals surface area contributed by atoms with Crippen molar-refractivity contribution in [2.75, 3.05) is 0 Å². The Morgan fingerprint density at radius 1 is 1.60 bits per heavy atom. The first-order chi connectivity index (χ1) is 7.15. The second-order valence-electron chi connectivity index (χ2n) is 3.97. The molecule has 0 aliphatic heterocycles. The molecule has 84 valence electrons. The molecule has 3 N–H and O–H groups in total. The van der Waals surface area contributed by atoms with Gasteiger partial charge in [-0.2, -0.15) is 5.10 Å². The quantitative estimate of drug-likeness (QED) is 0.705. The van der Waals surface area contributed by atoms with Gasteiger partial charge >= 0.3 is 0 Å². The fraction of sp³-hybridized carbons (Fsp3) is 0.636. The Morgan fingerprint density at radius 3 is 2.87 bits per heavy atom. The van der Waals surface area contributed by atoms with Crippen molar-refractivity contribution in [1.82, 2.24) is 10.2 Å². The van der Waals surface area contributed by atoms with E-state index in [1.807, 2.05) is 0 Å². The highest BCUT2D eigenvalue weighted by molar-refractivity contribution is 5.90. The van der Waals surface area contributed by atoms with Crippen LogP contribution in [0.25, 0.3) is 0 Å².